The fourth-order valence-electron chi connectivity index (χ4n) is 2.07. The van der Waals surface area contributed by atoms with Crippen molar-refractivity contribution in [2.24, 2.45) is 4.99 Å². The number of carbonyl (C=O) groups is 1. The Hall–Kier alpha value is -3.05. The van der Waals surface area contributed by atoms with E-state index in [0.29, 0.717) is 6.07 Å². The van der Waals surface area contributed by atoms with Crippen LogP contribution in [-0.2, 0) is 12.4 Å². The average Bonchev–Trinajstić information content (AvgIpc) is 3.01. The number of guanidine groups is 1. The molecule has 0 radical (unpaired) electrons. The molecule has 0 spiro atoms. The molecule has 2 aromatic rings. The van der Waals surface area contributed by atoms with Gasteiger partial charge in [0.25, 0.3) is 5.91 Å². The lowest BCUT2D eigenvalue weighted by atomic mass is 10.1. The minimum absolute atomic E-state index is 0.0978. The molecule has 0 bridgehead atoms. The number of amides is 1. The number of halogens is 6. The van der Waals surface area contributed by atoms with Crippen LogP contribution in [0.1, 0.15) is 42.4 Å². The van der Waals surface area contributed by atoms with Gasteiger partial charge >= 0.3 is 12.4 Å². The van der Waals surface area contributed by atoms with Crippen LogP contribution in [0.25, 0.3) is 0 Å². The molecule has 158 valence electrons. The molecule has 1 heterocycles. The van der Waals surface area contributed by atoms with E-state index < -0.39 is 35.1 Å². The van der Waals surface area contributed by atoms with Crippen LogP contribution in [0.5, 0.6) is 0 Å². The van der Waals surface area contributed by atoms with Gasteiger partial charge in [-0.25, -0.2) is 4.99 Å². The third-order valence-electron chi connectivity index (χ3n) is 3.28. The predicted molar refractivity (Wildman–Crippen MR) is 93.3 cm³/mol. The third kappa shape index (κ3) is 6.50. The number of alkyl halides is 6. The zero-order chi connectivity index (χ0) is 22.0. The molecule has 0 saturated heterocycles. The van der Waals surface area contributed by atoms with E-state index in [-0.39, 0.29) is 17.3 Å². The van der Waals surface area contributed by atoms with Gasteiger partial charge in [0.2, 0.25) is 5.96 Å². The van der Waals surface area contributed by atoms with Crippen LogP contribution in [0.2, 0.25) is 0 Å². The number of benzene rings is 1. The molecular weight excluding hydrogens is 404 g/mol. The van der Waals surface area contributed by atoms with Crippen molar-refractivity contribution in [3.8, 4) is 0 Å². The van der Waals surface area contributed by atoms with Crippen LogP contribution in [0.15, 0.2) is 35.3 Å². The number of aromatic amines is 1. The van der Waals surface area contributed by atoms with E-state index in [0.717, 1.165) is 24.3 Å². The number of nitrogens with zero attached hydrogens (tertiary/aromatic N) is 2. The molecule has 0 fully saturated rings. The Morgan fingerprint density at radius 3 is 2.03 bits per heavy atom. The van der Waals surface area contributed by atoms with Crippen molar-refractivity contribution >= 4 is 17.7 Å². The van der Waals surface area contributed by atoms with Gasteiger partial charge in [-0.1, -0.05) is 0 Å². The predicted octanol–water partition coefficient (Wildman–Crippen LogP) is 4.44. The molecule has 1 amide bonds. The topological polar surface area (TPSA) is 82.2 Å². The van der Waals surface area contributed by atoms with Crippen LogP contribution in [0.4, 0.5) is 32.2 Å². The van der Waals surface area contributed by atoms with Gasteiger partial charge < -0.3 is 5.32 Å². The highest BCUT2D eigenvalue weighted by molar-refractivity contribution is 6.09. The molecule has 0 aliphatic heterocycles. The Morgan fingerprint density at radius 2 is 1.59 bits per heavy atom. The molecule has 0 unspecified atom stereocenters. The SMILES string of the molecule is CC(C)(C)N=C(NC(=O)c1ccc(C(F)(F)F)cc1)Nc1cc(C(F)(F)F)[nH]n1. The maximum Gasteiger partial charge on any atom is 0.432 e. The number of hydrogen-bond acceptors (Lipinski definition) is 3. The second-order valence-corrected chi connectivity index (χ2v) is 6.95. The summed E-state index contributed by atoms with van der Waals surface area (Å²) in [4.78, 5) is 16.5. The molecule has 6 nitrogen and oxygen atoms in total. The molecule has 0 atom stereocenters. The molecule has 1 aromatic heterocycles. The van der Waals surface area contributed by atoms with Crippen LogP contribution >= 0.6 is 0 Å². The van der Waals surface area contributed by atoms with Gasteiger partial charge in [0, 0.05) is 11.6 Å². The van der Waals surface area contributed by atoms with Crippen molar-refractivity contribution in [1.82, 2.24) is 15.5 Å². The lowest BCUT2D eigenvalue weighted by molar-refractivity contribution is -0.141. The molecule has 12 heteroatoms. The Kier molecular flexibility index (Phi) is 5.95. The zero-order valence-electron chi connectivity index (χ0n) is 15.5. The quantitative estimate of drug-likeness (QED) is 0.381. The highest BCUT2D eigenvalue weighted by atomic mass is 19.4. The van der Waals surface area contributed by atoms with Crippen LogP contribution in [-0.4, -0.2) is 27.6 Å². The van der Waals surface area contributed by atoms with Crippen LogP contribution < -0.4 is 10.6 Å². The maximum absolute atomic E-state index is 12.7. The third-order valence-corrected chi connectivity index (χ3v) is 3.28. The minimum atomic E-state index is -4.64. The fourth-order valence-corrected chi connectivity index (χ4v) is 2.07. The van der Waals surface area contributed by atoms with Gasteiger partial charge in [-0.2, -0.15) is 31.4 Å². The molecule has 29 heavy (non-hydrogen) atoms. The lowest BCUT2D eigenvalue weighted by Crippen LogP contribution is -2.38. The van der Waals surface area contributed by atoms with Gasteiger partial charge in [-0.15, -0.1) is 0 Å². The maximum atomic E-state index is 12.7. The van der Waals surface area contributed by atoms with Crippen molar-refractivity contribution in [2.75, 3.05) is 5.32 Å². The second-order valence-electron chi connectivity index (χ2n) is 6.95. The summed E-state index contributed by atoms with van der Waals surface area (Å²) in [5.41, 5.74) is -2.87. The van der Waals surface area contributed by atoms with Gasteiger partial charge in [-0.05, 0) is 45.0 Å². The van der Waals surface area contributed by atoms with E-state index in [4.69, 9.17) is 0 Å². The average molecular weight is 421 g/mol. The molecule has 0 aliphatic rings. The first-order valence-corrected chi connectivity index (χ1v) is 8.13. The minimum Gasteiger partial charge on any atom is -0.309 e. The number of carbonyl (C=O) groups excluding carboxylic acids is 1. The highest BCUT2D eigenvalue weighted by Gasteiger charge is 2.33. The smallest absolute Gasteiger partial charge is 0.309 e. The number of nitrogens with one attached hydrogen (secondary N) is 3. The van der Waals surface area contributed by atoms with Gasteiger partial charge in [0.05, 0.1) is 11.1 Å². The summed E-state index contributed by atoms with van der Waals surface area (Å²) < 4.78 is 75.9. The standard InChI is InChI=1S/C17H17F6N5O/c1-15(2,3)26-14(24-12-8-11(27-28-12)17(21,22)23)25-13(29)9-4-6-10(7-5-9)16(18,19)20/h4-8H,1-3H3,(H3,24,25,26,27,28,29). The first-order chi connectivity index (χ1) is 13.1. The fraction of sp³-hybridized carbons (Fsp3) is 0.353. The van der Waals surface area contributed by atoms with Crippen LogP contribution in [0, 0.1) is 0 Å². The van der Waals surface area contributed by atoms with Crippen molar-refractivity contribution in [1.29, 1.82) is 0 Å². The number of hydrogen-bond donors (Lipinski definition) is 3. The Morgan fingerprint density at radius 1 is 1.00 bits per heavy atom. The molecule has 2 rings (SSSR count). The number of aliphatic imine (C=N–C) groups is 1. The van der Waals surface area contributed by atoms with E-state index in [9.17, 15) is 31.1 Å². The first-order valence-electron chi connectivity index (χ1n) is 8.13. The Bertz CT molecular complexity index is 891. The first kappa shape index (κ1) is 22.2. The van der Waals surface area contributed by atoms with E-state index >= 15 is 0 Å². The van der Waals surface area contributed by atoms with Crippen molar-refractivity contribution < 1.29 is 31.1 Å². The number of aromatic nitrogens is 2. The zero-order valence-corrected chi connectivity index (χ0v) is 15.5. The number of H-pyrrole nitrogens is 1. The number of rotatable bonds is 2. The van der Waals surface area contributed by atoms with Gasteiger partial charge in [-0.3, -0.25) is 15.2 Å². The van der Waals surface area contributed by atoms with Gasteiger partial charge in [0.15, 0.2) is 5.82 Å². The van der Waals surface area contributed by atoms with Gasteiger partial charge in [0.1, 0.15) is 5.69 Å². The normalized spacial score (nSPS) is 13.3. The molecule has 0 saturated carbocycles. The van der Waals surface area contributed by atoms with Crippen molar-refractivity contribution in [2.45, 2.75) is 38.7 Å². The summed E-state index contributed by atoms with van der Waals surface area (Å²) in [5, 5.41) is 10.1. The Labute approximate surface area is 161 Å². The largest absolute Gasteiger partial charge is 0.432 e. The summed E-state index contributed by atoms with van der Waals surface area (Å²) in [7, 11) is 0. The number of anilines is 1. The van der Waals surface area contributed by atoms with E-state index in [1.54, 1.807) is 20.8 Å². The highest BCUT2D eigenvalue weighted by Crippen LogP contribution is 2.29. The van der Waals surface area contributed by atoms with Crippen LogP contribution in [0.3, 0.4) is 0 Å². The van der Waals surface area contributed by atoms with E-state index in [1.807, 2.05) is 5.10 Å². The van der Waals surface area contributed by atoms with Crippen molar-refractivity contribution in [3.05, 3.63) is 47.2 Å². The van der Waals surface area contributed by atoms with E-state index in [2.05, 4.69) is 20.7 Å². The molecule has 1 aromatic carbocycles. The summed E-state index contributed by atoms with van der Waals surface area (Å²) in [6.07, 6.45) is -9.19. The summed E-state index contributed by atoms with van der Waals surface area (Å²) in [6.45, 7) is 5.01. The summed E-state index contributed by atoms with van der Waals surface area (Å²) in [5.74, 6) is -1.28. The molecular formula is C17H17F6N5O. The van der Waals surface area contributed by atoms with E-state index in [1.165, 1.54) is 0 Å². The summed E-state index contributed by atoms with van der Waals surface area (Å²) >= 11 is 0. The Balaban J connectivity index is 2.22. The van der Waals surface area contributed by atoms with Crippen molar-refractivity contribution in [3.63, 3.8) is 0 Å². The second kappa shape index (κ2) is 7.76. The molecule has 3 N–H and O–H groups in total. The summed E-state index contributed by atoms with van der Waals surface area (Å²) in [6, 6.07) is 4.12. The lowest BCUT2D eigenvalue weighted by Gasteiger charge is -2.17. The molecule has 0 aliphatic carbocycles. The monoisotopic (exact) mass is 421 g/mol.